The molecule has 0 bridgehead atoms. The average Bonchev–Trinajstić information content (AvgIpc) is 3.11. The number of amides is 1. The first-order valence-electron chi connectivity index (χ1n) is 8.22. The third-order valence-electron chi connectivity index (χ3n) is 4.44. The van der Waals surface area contributed by atoms with E-state index in [0.29, 0.717) is 24.7 Å². The zero-order valence-electron chi connectivity index (χ0n) is 14.0. The van der Waals surface area contributed by atoms with Gasteiger partial charge < -0.3 is 9.47 Å². The smallest absolute Gasteiger partial charge is 0.329 e. The molecule has 1 aliphatic rings. The molecule has 1 amide bonds. The number of pyridine rings is 1. The van der Waals surface area contributed by atoms with Crippen molar-refractivity contribution in [2.45, 2.75) is 19.3 Å². The van der Waals surface area contributed by atoms with Crippen molar-refractivity contribution in [3.05, 3.63) is 65.7 Å². The third-order valence-corrected chi connectivity index (χ3v) is 4.44. The topological polar surface area (TPSA) is 63.9 Å². The van der Waals surface area contributed by atoms with Crippen LogP contribution >= 0.6 is 0 Å². The van der Waals surface area contributed by atoms with Crippen LogP contribution in [0.3, 0.4) is 0 Å². The van der Waals surface area contributed by atoms with Gasteiger partial charge in [0.15, 0.2) is 11.6 Å². The highest BCUT2D eigenvalue weighted by Crippen LogP contribution is 2.29. The number of halogens is 3. The Labute approximate surface area is 152 Å². The van der Waals surface area contributed by atoms with Crippen molar-refractivity contribution in [2.24, 2.45) is 0 Å². The lowest BCUT2D eigenvalue weighted by Gasteiger charge is -2.28. The van der Waals surface area contributed by atoms with Gasteiger partial charge in [-0.25, -0.2) is 0 Å². The second-order valence-electron chi connectivity index (χ2n) is 6.13. The summed E-state index contributed by atoms with van der Waals surface area (Å²) in [5.41, 5.74) is 0.316. The monoisotopic (exact) mass is 373 g/mol. The van der Waals surface area contributed by atoms with Crippen LogP contribution in [0.5, 0.6) is 0 Å². The summed E-state index contributed by atoms with van der Waals surface area (Å²) in [5.74, 6) is 1.01. The van der Waals surface area contributed by atoms with Gasteiger partial charge in [-0.05, 0) is 36.4 Å². The first-order valence-corrected chi connectivity index (χ1v) is 8.22. The van der Waals surface area contributed by atoms with E-state index in [1.54, 1.807) is 17.3 Å². The van der Waals surface area contributed by atoms with Crippen molar-refractivity contribution in [3.8, 4) is 11.4 Å². The summed E-state index contributed by atoms with van der Waals surface area (Å²) in [6, 6.07) is 7.90. The molecule has 27 heavy (non-hydrogen) atoms. The molecule has 0 saturated carbocycles. The minimum Gasteiger partial charge on any atom is -0.329 e. The number of hydrogen-bond acceptors (Lipinski definition) is 4. The van der Waals surface area contributed by atoms with Gasteiger partial charge in [0, 0.05) is 36.6 Å². The molecule has 6 nitrogen and oxygen atoms in total. The Morgan fingerprint density at radius 1 is 0.963 bits per heavy atom. The third kappa shape index (κ3) is 3.27. The van der Waals surface area contributed by atoms with E-state index in [9.17, 15) is 18.0 Å². The first kappa shape index (κ1) is 17.2. The second kappa shape index (κ2) is 6.49. The number of fused-ring (bicyclic) bond motifs is 1. The molecular formula is C18H14F3N5O. The van der Waals surface area contributed by atoms with Gasteiger partial charge in [-0.2, -0.15) is 13.2 Å². The fraction of sp³-hybridized carbons (Fsp3) is 0.222. The summed E-state index contributed by atoms with van der Waals surface area (Å²) in [4.78, 5) is 18.2. The summed E-state index contributed by atoms with van der Waals surface area (Å²) < 4.78 is 39.9. The molecule has 0 radical (unpaired) electrons. The van der Waals surface area contributed by atoms with Gasteiger partial charge in [-0.1, -0.05) is 0 Å². The van der Waals surface area contributed by atoms with Crippen molar-refractivity contribution in [2.75, 3.05) is 6.54 Å². The predicted molar refractivity (Wildman–Crippen MR) is 89.4 cm³/mol. The van der Waals surface area contributed by atoms with E-state index >= 15 is 0 Å². The Kier molecular flexibility index (Phi) is 4.14. The molecule has 1 aliphatic heterocycles. The number of hydrogen-bond donors (Lipinski definition) is 0. The maximum atomic E-state index is 12.7. The normalized spacial score (nSPS) is 14.1. The van der Waals surface area contributed by atoms with E-state index in [4.69, 9.17) is 0 Å². The Morgan fingerprint density at radius 3 is 2.33 bits per heavy atom. The van der Waals surface area contributed by atoms with E-state index in [1.807, 2.05) is 16.7 Å². The largest absolute Gasteiger partial charge is 0.416 e. The zero-order chi connectivity index (χ0) is 19.0. The maximum absolute atomic E-state index is 12.7. The molecule has 3 heterocycles. The molecule has 0 saturated heterocycles. The number of aromatic nitrogens is 4. The maximum Gasteiger partial charge on any atom is 0.416 e. The fourth-order valence-electron chi connectivity index (χ4n) is 3.03. The predicted octanol–water partition coefficient (Wildman–Crippen LogP) is 3.01. The number of carbonyl (C=O) groups is 1. The van der Waals surface area contributed by atoms with Gasteiger partial charge in [-0.3, -0.25) is 9.78 Å². The van der Waals surface area contributed by atoms with Gasteiger partial charge in [0.1, 0.15) is 0 Å². The van der Waals surface area contributed by atoms with Crippen LogP contribution in [0.2, 0.25) is 0 Å². The standard InChI is InChI=1S/C18H14F3N5O/c19-18(20,21)14-3-1-13(2-4-14)17(27)25-9-10-26-15(11-25)23-24-16(26)12-5-7-22-8-6-12/h1-8H,9-11H2. The zero-order valence-corrected chi connectivity index (χ0v) is 14.0. The summed E-state index contributed by atoms with van der Waals surface area (Å²) in [7, 11) is 0. The van der Waals surface area contributed by atoms with Crippen LogP contribution in [-0.4, -0.2) is 37.1 Å². The van der Waals surface area contributed by atoms with Crippen LogP contribution in [0.25, 0.3) is 11.4 Å². The lowest BCUT2D eigenvalue weighted by Crippen LogP contribution is -2.38. The van der Waals surface area contributed by atoms with Crippen molar-refractivity contribution in [1.82, 2.24) is 24.6 Å². The quantitative estimate of drug-likeness (QED) is 0.693. The highest BCUT2D eigenvalue weighted by atomic mass is 19.4. The Hall–Kier alpha value is -3.23. The van der Waals surface area contributed by atoms with E-state index in [-0.39, 0.29) is 18.0 Å². The highest BCUT2D eigenvalue weighted by Gasteiger charge is 2.31. The van der Waals surface area contributed by atoms with Crippen LogP contribution < -0.4 is 0 Å². The summed E-state index contributed by atoms with van der Waals surface area (Å²) in [6.07, 6.45) is -1.09. The number of benzene rings is 1. The molecule has 4 rings (SSSR count). The van der Waals surface area contributed by atoms with E-state index in [1.165, 1.54) is 12.1 Å². The van der Waals surface area contributed by atoms with Crippen LogP contribution in [0.1, 0.15) is 21.7 Å². The number of rotatable bonds is 2. The van der Waals surface area contributed by atoms with E-state index < -0.39 is 11.7 Å². The van der Waals surface area contributed by atoms with Gasteiger partial charge in [0.05, 0.1) is 12.1 Å². The minimum absolute atomic E-state index is 0.213. The molecule has 3 aromatic rings. The van der Waals surface area contributed by atoms with Crippen LogP contribution in [0.4, 0.5) is 13.2 Å². The molecule has 138 valence electrons. The number of carbonyl (C=O) groups excluding carboxylic acids is 1. The molecule has 9 heteroatoms. The van der Waals surface area contributed by atoms with Gasteiger partial charge in [0.2, 0.25) is 0 Å². The highest BCUT2D eigenvalue weighted by molar-refractivity contribution is 5.94. The summed E-state index contributed by atoms with van der Waals surface area (Å²) in [5, 5.41) is 8.35. The average molecular weight is 373 g/mol. The lowest BCUT2D eigenvalue weighted by molar-refractivity contribution is -0.137. The SMILES string of the molecule is O=C(c1ccc(C(F)(F)F)cc1)N1CCn2c(nnc2-c2ccncc2)C1. The molecule has 0 spiro atoms. The summed E-state index contributed by atoms with van der Waals surface area (Å²) in [6.45, 7) is 1.17. The van der Waals surface area contributed by atoms with Crippen molar-refractivity contribution in [3.63, 3.8) is 0 Å². The second-order valence-corrected chi connectivity index (χ2v) is 6.13. The minimum atomic E-state index is -4.42. The fourth-order valence-corrected chi connectivity index (χ4v) is 3.03. The number of alkyl halides is 3. The van der Waals surface area contributed by atoms with Gasteiger partial charge in [-0.15, -0.1) is 10.2 Å². The molecule has 0 unspecified atom stereocenters. The summed E-state index contributed by atoms with van der Waals surface area (Å²) >= 11 is 0. The van der Waals surface area contributed by atoms with Crippen molar-refractivity contribution < 1.29 is 18.0 Å². The van der Waals surface area contributed by atoms with Gasteiger partial charge in [0.25, 0.3) is 5.91 Å². The molecule has 0 aliphatic carbocycles. The first-order chi connectivity index (χ1) is 12.9. The lowest BCUT2D eigenvalue weighted by atomic mass is 10.1. The van der Waals surface area contributed by atoms with Gasteiger partial charge >= 0.3 is 6.18 Å². The number of nitrogens with zero attached hydrogens (tertiary/aromatic N) is 5. The Bertz CT molecular complexity index is 967. The molecule has 0 fully saturated rings. The molecule has 0 N–H and O–H groups in total. The molecule has 2 aromatic heterocycles. The molecule has 1 aromatic carbocycles. The van der Waals surface area contributed by atoms with Crippen molar-refractivity contribution in [1.29, 1.82) is 0 Å². The molecular weight excluding hydrogens is 359 g/mol. The molecule has 0 atom stereocenters. The van der Waals surface area contributed by atoms with Crippen LogP contribution in [-0.2, 0) is 19.3 Å². The van der Waals surface area contributed by atoms with E-state index in [0.717, 1.165) is 17.7 Å². The Morgan fingerprint density at radius 2 is 1.67 bits per heavy atom. The van der Waals surface area contributed by atoms with Crippen molar-refractivity contribution >= 4 is 5.91 Å². The Balaban J connectivity index is 1.53. The van der Waals surface area contributed by atoms with E-state index in [2.05, 4.69) is 15.2 Å². The van der Waals surface area contributed by atoms with Crippen LogP contribution in [0, 0.1) is 0 Å². The van der Waals surface area contributed by atoms with Crippen LogP contribution in [0.15, 0.2) is 48.8 Å².